The standard InChI is InChI=1S/C27H23Br2N3O4/c1-3-16(2)25-31-23-9-8-20(28)13-21(23)26(33)32(25)30-14-17-7-10-24(22(29)12-17)36-15-18-5-4-6-19(11-18)27(34)35/h4-14,16H,3,15H2,1-2H3,(H,34,35)/t16-/m1/s1. The number of hydrogen-bond donors (Lipinski definition) is 1. The fourth-order valence-corrected chi connectivity index (χ4v) is 4.45. The van der Waals surface area contributed by atoms with E-state index < -0.39 is 5.97 Å². The van der Waals surface area contributed by atoms with Gasteiger partial charge < -0.3 is 9.84 Å². The summed E-state index contributed by atoms with van der Waals surface area (Å²) in [5.41, 5.74) is 2.14. The number of fused-ring (bicyclic) bond motifs is 1. The van der Waals surface area contributed by atoms with Crippen LogP contribution in [0.4, 0.5) is 0 Å². The summed E-state index contributed by atoms with van der Waals surface area (Å²) >= 11 is 6.94. The number of carboxylic acid groups (broad SMARTS) is 1. The van der Waals surface area contributed by atoms with Gasteiger partial charge in [-0.05, 0) is 82.0 Å². The lowest BCUT2D eigenvalue weighted by Gasteiger charge is -2.14. The molecule has 1 N–H and O–H groups in total. The fraction of sp³-hybridized carbons (Fsp3) is 0.185. The SMILES string of the molecule is CC[C@@H](C)c1nc2ccc(Br)cc2c(=O)n1N=Cc1ccc(OCc2cccc(C(=O)O)c2)c(Br)c1. The van der Waals surface area contributed by atoms with Gasteiger partial charge in [-0.2, -0.15) is 9.78 Å². The predicted octanol–water partition coefficient (Wildman–Crippen LogP) is 6.59. The maximum atomic E-state index is 13.3. The summed E-state index contributed by atoms with van der Waals surface area (Å²) in [6.07, 6.45) is 2.43. The molecule has 0 spiro atoms. The van der Waals surface area contributed by atoms with Gasteiger partial charge in [-0.1, -0.05) is 41.9 Å². The monoisotopic (exact) mass is 611 g/mol. The van der Waals surface area contributed by atoms with Gasteiger partial charge in [0.15, 0.2) is 0 Å². The lowest BCUT2D eigenvalue weighted by Crippen LogP contribution is -2.23. The second-order valence-electron chi connectivity index (χ2n) is 8.29. The highest BCUT2D eigenvalue weighted by Gasteiger charge is 2.15. The Bertz CT molecular complexity index is 1530. The van der Waals surface area contributed by atoms with E-state index in [9.17, 15) is 9.59 Å². The van der Waals surface area contributed by atoms with Crippen LogP contribution in [0.15, 0.2) is 79.5 Å². The molecular formula is C27H23Br2N3O4. The van der Waals surface area contributed by atoms with Crippen LogP contribution >= 0.6 is 31.9 Å². The first-order valence-corrected chi connectivity index (χ1v) is 12.9. The highest BCUT2D eigenvalue weighted by atomic mass is 79.9. The topological polar surface area (TPSA) is 93.8 Å². The molecule has 1 atom stereocenters. The molecule has 9 heteroatoms. The van der Waals surface area contributed by atoms with Crippen molar-refractivity contribution in [3.05, 3.63) is 102 Å². The summed E-state index contributed by atoms with van der Waals surface area (Å²) in [6, 6.07) is 17.5. The molecule has 4 rings (SSSR count). The molecule has 0 aliphatic heterocycles. The number of nitrogens with zero attached hydrogens (tertiary/aromatic N) is 3. The third-order valence-corrected chi connectivity index (χ3v) is 6.85. The lowest BCUT2D eigenvalue weighted by atomic mass is 10.1. The molecule has 0 amide bonds. The van der Waals surface area contributed by atoms with Crippen LogP contribution in [0.2, 0.25) is 0 Å². The molecule has 0 saturated carbocycles. The van der Waals surface area contributed by atoms with Crippen molar-refractivity contribution >= 4 is 54.9 Å². The normalized spacial score (nSPS) is 12.2. The fourth-order valence-electron chi connectivity index (χ4n) is 3.57. The van der Waals surface area contributed by atoms with Crippen molar-refractivity contribution in [2.24, 2.45) is 5.10 Å². The number of benzene rings is 3. The number of aromatic carboxylic acids is 1. The highest BCUT2D eigenvalue weighted by molar-refractivity contribution is 9.10. The summed E-state index contributed by atoms with van der Waals surface area (Å²) in [4.78, 5) is 29.2. The van der Waals surface area contributed by atoms with Crippen molar-refractivity contribution in [2.45, 2.75) is 32.8 Å². The van der Waals surface area contributed by atoms with Crippen molar-refractivity contribution in [2.75, 3.05) is 0 Å². The maximum absolute atomic E-state index is 13.3. The Morgan fingerprint density at radius 2 is 1.97 bits per heavy atom. The number of ether oxygens (including phenoxy) is 1. The van der Waals surface area contributed by atoms with E-state index in [-0.39, 0.29) is 23.6 Å². The average molecular weight is 613 g/mol. The zero-order valence-electron chi connectivity index (χ0n) is 19.6. The number of aromatic nitrogens is 2. The Balaban J connectivity index is 1.60. The average Bonchev–Trinajstić information content (AvgIpc) is 2.87. The summed E-state index contributed by atoms with van der Waals surface area (Å²) in [6.45, 7) is 4.29. The Kier molecular flexibility index (Phi) is 8.01. The molecule has 184 valence electrons. The van der Waals surface area contributed by atoms with Crippen LogP contribution in [-0.4, -0.2) is 27.0 Å². The van der Waals surface area contributed by atoms with E-state index in [0.717, 1.165) is 22.0 Å². The van der Waals surface area contributed by atoms with Crippen LogP contribution in [0.25, 0.3) is 10.9 Å². The van der Waals surface area contributed by atoms with Crippen molar-refractivity contribution < 1.29 is 14.6 Å². The minimum atomic E-state index is -0.980. The van der Waals surface area contributed by atoms with E-state index in [2.05, 4.69) is 37.0 Å². The zero-order valence-corrected chi connectivity index (χ0v) is 22.8. The smallest absolute Gasteiger partial charge is 0.335 e. The van der Waals surface area contributed by atoms with Crippen molar-refractivity contribution in [3.8, 4) is 5.75 Å². The molecule has 0 aliphatic rings. The first-order chi connectivity index (χ1) is 17.3. The van der Waals surface area contributed by atoms with Gasteiger partial charge >= 0.3 is 5.97 Å². The lowest BCUT2D eigenvalue weighted by molar-refractivity contribution is 0.0696. The molecule has 1 heterocycles. The number of rotatable bonds is 8. The van der Waals surface area contributed by atoms with Gasteiger partial charge in [0, 0.05) is 10.4 Å². The Hall–Kier alpha value is -3.30. The van der Waals surface area contributed by atoms with Crippen molar-refractivity contribution in [1.29, 1.82) is 0 Å². The quantitative estimate of drug-likeness (QED) is 0.226. The van der Waals surface area contributed by atoms with Crippen LogP contribution < -0.4 is 10.3 Å². The molecule has 0 fully saturated rings. The predicted molar refractivity (Wildman–Crippen MR) is 147 cm³/mol. The van der Waals surface area contributed by atoms with Crippen LogP contribution in [-0.2, 0) is 6.61 Å². The first-order valence-electron chi connectivity index (χ1n) is 11.3. The second-order valence-corrected chi connectivity index (χ2v) is 10.1. The van der Waals surface area contributed by atoms with Crippen molar-refractivity contribution in [1.82, 2.24) is 9.66 Å². The largest absolute Gasteiger partial charge is 0.488 e. The number of halogens is 2. The Morgan fingerprint density at radius 3 is 2.69 bits per heavy atom. The summed E-state index contributed by atoms with van der Waals surface area (Å²) < 4.78 is 8.74. The van der Waals surface area contributed by atoms with Gasteiger partial charge in [0.1, 0.15) is 18.2 Å². The van der Waals surface area contributed by atoms with Crippen LogP contribution in [0.1, 0.15) is 53.5 Å². The summed E-state index contributed by atoms with van der Waals surface area (Å²) in [7, 11) is 0. The van der Waals surface area contributed by atoms with Crippen molar-refractivity contribution in [3.63, 3.8) is 0 Å². The van der Waals surface area contributed by atoms with E-state index in [1.807, 2.05) is 44.2 Å². The Morgan fingerprint density at radius 1 is 1.17 bits per heavy atom. The molecule has 0 bridgehead atoms. The van der Waals surface area contributed by atoms with E-state index >= 15 is 0 Å². The van der Waals surface area contributed by atoms with Gasteiger partial charge in [0.05, 0.1) is 27.2 Å². The molecule has 0 saturated heterocycles. The zero-order chi connectivity index (χ0) is 25.8. The van der Waals surface area contributed by atoms with Gasteiger partial charge in [0.2, 0.25) is 0 Å². The van der Waals surface area contributed by atoms with Gasteiger partial charge in [0.25, 0.3) is 5.56 Å². The molecule has 0 radical (unpaired) electrons. The number of carbonyl (C=O) groups is 1. The third-order valence-electron chi connectivity index (χ3n) is 5.73. The minimum absolute atomic E-state index is 0.0463. The van der Waals surface area contributed by atoms with Gasteiger partial charge in [-0.25, -0.2) is 9.78 Å². The van der Waals surface area contributed by atoms with Crippen LogP contribution in [0, 0.1) is 0 Å². The van der Waals surface area contributed by atoms with Crippen LogP contribution in [0.5, 0.6) is 5.75 Å². The summed E-state index contributed by atoms with van der Waals surface area (Å²) in [5, 5.41) is 14.1. The number of carboxylic acids is 1. The third kappa shape index (κ3) is 5.74. The van der Waals surface area contributed by atoms with E-state index in [4.69, 9.17) is 14.8 Å². The van der Waals surface area contributed by atoms with Gasteiger partial charge in [-0.15, -0.1) is 0 Å². The Labute approximate surface area is 224 Å². The summed E-state index contributed by atoms with van der Waals surface area (Å²) in [5.74, 6) is 0.273. The highest BCUT2D eigenvalue weighted by Crippen LogP contribution is 2.27. The maximum Gasteiger partial charge on any atom is 0.335 e. The van der Waals surface area contributed by atoms with E-state index in [1.54, 1.807) is 30.5 Å². The molecular weight excluding hydrogens is 590 g/mol. The van der Waals surface area contributed by atoms with E-state index in [1.165, 1.54) is 10.7 Å². The van der Waals surface area contributed by atoms with E-state index in [0.29, 0.717) is 26.9 Å². The minimum Gasteiger partial charge on any atom is -0.488 e. The molecule has 7 nitrogen and oxygen atoms in total. The first kappa shape index (κ1) is 25.8. The molecule has 0 aliphatic carbocycles. The van der Waals surface area contributed by atoms with Crippen LogP contribution in [0.3, 0.4) is 0 Å². The molecule has 0 unspecified atom stereocenters. The number of hydrogen-bond acceptors (Lipinski definition) is 5. The molecule has 1 aromatic heterocycles. The molecule has 3 aromatic carbocycles. The molecule has 4 aromatic rings. The van der Waals surface area contributed by atoms with Gasteiger partial charge in [-0.3, -0.25) is 4.79 Å². The second kappa shape index (κ2) is 11.2. The molecule has 36 heavy (non-hydrogen) atoms.